The van der Waals surface area contributed by atoms with Gasteiger partial charge in [-0.15, -0.1) is 11.3 Å². The Morgan fingerprint density at radius 1 is 1.30 bits per heavy atom. The molecule has 2 N–H and O–H groups in total. The van der Waals surface area contributed by atoms with Crippen molar-refractivity contribution in [3.8, 4) is 0 Å². The van der Waals surface area contributed by atoms with Gasteiger partial charge >= 0.3 is 6.18 Å². The molecule has 0 saturated carbocycles. The van der Waals surface area contributed by atoms with Crippen LogP contribution in [-0.2, 0) is 12.6 Å². The van der Waals surface area contributed by atoms with Crippen LogP contribution in [0.2, 0.25) is 0 Å². The van der Waals surface area contributed by atoms with Crippen molar-refractivity contribution in [2.75, 3.05) is 32.7 Å². The van der Waals surface area contributed by atoms with Crippen LogP contribution in [0.25, 0.3) is 0 Å². The van der Waals surface area contributed by atoms with Crippen molar-refractivity contribution < 1.29 is 17.6 Å². The van der Waals surface area contributed by atoms with Gasteiger partial charge in [0.1, 0.15) is 11.5 Å². The highest BCUT2D eigenvalue weighted by molar-refractivity contribution is 7.09. The van der Waals surface area contributed by atoms with Crippen molar-refractivity contribution in [3.63, 3.8) is 0 Å². The van der Waals surface area contributed by atoms with Crippen molar-refractivity contribution in [3.05, 3.63) is 39.7 Å². The van der Waals surface area contributed by atoms with E-state index in [2.05, 4.69) is 20.5 Å². The Hall–Kier alpha value is -2.07. The average molecular weight is 444 g/mol. The zero-order valence-electron chi connectivity index (χ0n) is 17.3. The predicted molar refractivity (Wildman–Crippen MR) is 112 cm³/mol. The first-order valence-electron chi connectivity index (χ1n) is 10.2. The molecule has 6 nitrogen and oxygen atoms in total. The summed E-state index contributed by atoms with van der Waals surface area (Å²) in [6.07, 6.45) is -1.65. The maximum atomic E-state index is 12.7. The molecule has 1 atom stereocenters. The molecule has 0 aliphatic carbocycles. The van der Waals surface area contributed by atoms with Gasteiger partial charge in [0.15, 0.2) is 11.7 Å². The number of hydrogen-bond donors (Lipinski definition) is 2. The van der Waals surface area contributed by atoms with E-state index in [9.17, 15) is 13.2 Å². The van der Waals surface area contributed by atoms with Crippen LogP contribution in [0.5, 0.6) is 0 Å². The molecule has 1 aliphatic heterocycles. The van der Waals surface area contributed by atoms with Crippen LogP contribution < -0.4 is 10.6 Å². The van der Waals surface area contributed by atoms with Crippen LogP contribution in [0, 0.1) is 6.92 Å². The molecule has 0 radical (unpaired) electrons. The van der Waals surface area contributed by atoms with E-state index in [4.69, 9.17) is 9.41 Å². The molecule has 0 aromatic carbocycles. The van der Waals surface area contributed by atoms with E-state index in [0.717, 1.165) is 41.3 Å². The fraction of sp³-hybridized carbons (Fsp3) is 0.600. The van der Waals surface area contributed by atoms with Crippen LogP contribution in [-0.4, -0.2) is 48.6 Å². The molecule has 10 heteroatoms. The van der Waals surface area contributed by atoms with Gasteiger partial charge in [0.25, 0.3) is 0 Å². The standard InChI is InChI=1S/C20H28F3N5OS/c1-3-24-19(25-9-8-18-27-17(13-30-18)20(21,22)23)26-12-15(28-10-4-5-11-28)16-7-6-14(2)29-16/h6-7,13,15H,3-5,8-12H2,1-2H3,(H2,24,25,26). The van der Waals surface area contributed by atoms with Crippen LogP contribution in [0.15, 0.2) is 26.9 Å². The van der Waals surface area contributed by atoms with Crippen LogP contribution in [0.3, 0.4) is 0 Å². The number of aryl methyl sites for hydroxylation is 1. The molecule has 0 bridgehead atoms. The highest BCUT2D eigenvalue weighted by Crippen LogP contribution is 2.30. The van der Waals surface area contributed by atoms with Gasteiger partial charge in [0.05, 0.1) is 17.6 Å². The van der Waals surface area contributed by atoms with Gasteiger partial charge in [-0.2, -0.15) is 13.2 Å². The molecular formula is C20H28F3N5OS. The average Bonchev–Trinajstić information content (AvgIpc) is 3.43. The number of nitrogens with zero attached hydrogens (tertiary/aromatic N) is 3. The predicted octanol–water partition coefficient (Wildman–Crippen LogP) is 4.00. The topological polar surface area (TPSA) is 65.7 Å². The number of furan rings is 1. The largest absolute Gasteiger partial charge is 0.465 e. The van der Waals surface area contributed by atoms with Crippen LogP contribution >= 0.6 is 11.3 Å². The minimum Gasteiger partial charge on any atom is -0.465 e. The Balaban J connectivity index is 1.60. The second-order valence-electron chi connectivity index (χ2n) is 7.23. The summed E-state index contributed by atoms with van der Waals surface area (Å²) in [6.45, 7) is 7.63. The summed E-state index contributed by atoms with van der Waals surface area (Å²) < 4.78 is 43.9. The van der Waals surface area contributed by atoms with Crippen molar-refractivity contribution in [2.45, 2.75) is 45.3 Å². The number of alkyl halides is 3. The zero-order valence-corrected chi connectivity index (χ0v) is 18.1. The van der Waals surface area contributed by atoms with Gasteiger partial charge in [0.2, 0.25) is 0 Å². The number of rotatable bonds is 8. The quantitative estimate of drug-likeness (QED) is 0.477. The summed E-state index contributed by atoms with van der Waals surface area (Å²) in [6, 6.07) is 4.05. The fourth-order valence-electron chi connectivity index (χ4n) is 3.43. The molecular weight excluding hydrogens is 415 g/mol. The summed E-state index contributed by atoms with van der Waals surface area (Å²) in [5.74, 6) is 2.43. The van der Waals surface area contributed by atoms with Gasteiger partial charge in [-0.1, -0.05) is 0 Å². The van der Waals surface area contributed by atoms with Crippen molar-refractivity contribution in [1.29, 1.82) is 0 Å². The summed E-state index contributed by atoms with van der Waals surface area (Å²) >= 11 is 1.03. The van der Waals surface area contributed by atoms with E-state index in [1.54, 1.807) is 0 Å². The fourth-order valence-corrected chi connectivity index (χ4v) is 4.24. The van der Waals surface area contributed by atoms with E-state index < -0.39 is 11.9 Å². The number of halogens is 3. The number of aromatic nitrogens is 1. The molecule has 2 aromatic rings. The lowest BCUT2D eigenvalue weighted by Gasteiger charge is -2.24. The number of likely N-dealkylation sites (tertiary alicyclic amines) is 1. The van der Waals surface area contributed by atoms with Gasteiger partial charge in [0, 0.05) is 24.9 Å². The summed E-state index contributed by atoms with van der Waals surface area (Å²) in [5.41, 5.74) is -0.828. The molecule has 1 saturated heterocycles. The molecule has 1 aliphatic rings. The highest BCUT2D eigenvalue weighted by atomic mass is 32.1. The van der Waals surface area contributed by atoms with Gasteiger partial charge in [-0.25, -0.2) is 4.98 Å². The van der Waals surface area contributed by atoms with E-state index >= 15 is 0 Å². The second-order valence-corrected chi connectivity index (χ2v) is 8.17. The third-order valence-corrected chi connectivity index (χ3v) is 5.82. The monoisotopic (exact) mass is 443 g/mol. The van der Waals surface area contributed by atoms with Gasteiger partial charge in [-0.05, 0) is 51.9 Å². The Labute approximate surface area is 178 Å². The van der Waals surface area contributed by atoms with E-state index in [1.807, 2.05) is 26.0 Å². The van der Waals surface area contributed by atoms with Gasteiger partial charge < -0.3 is 15.1 Å². The minimum atomic E-state index is -4.40. The van der Waals surface area contributed by atoms with Crippen molar-refractivity contribution in [2.24, 2.45) is 4.99 Å². The normalized spacial score (nSPS) is 16.8. The first-order valence-corrected chi connectivity index (χ1v) is 11.1. The molecule has 30 heavy (non-hydrogen) atoms. The zero-order chi connectivity index (χ0) is 21.6. The lowest BCUT2D eigenvalue weighted by atomic mass is 10.2. The molecule has 3 rings (SSSR count). The van der Waals surface area contributed by atoms with Crippen LogP contribution in [0.4, 0.5) is 13.2 Å². The Morgan fingerprint density at radius 3 is 2.67 bits per heavy atom. The van der Waals surface area contributed by atoms with Crippen LogP contribution in [0.1, 0.15) is 48.0 Å². The maximum absolute atomic E-state index is 12.7. The molecule has 2 aromatic heterocycles. The third-order valence-electron chi connectivity index (χ3n) is 4.91. The Morgan fingerprint density at radius 2 is 2.07 bits per heavy atom. The van der Waals surface area contributed by atoms with E-state index in [-0.39, 0.29) is 6.04 Å². The number of thiazole rings is 1. The SMILES string of the molecule is CCNC(=NCC(c1ccc(C)o1)N1CCCC1)NCCc1nc(C(F)(F)F)cs1. The Kier molecular flexibility index (Phi) is 7.76. The smallest absolute Gasteiger partial charge is 0.434 e. The van der Waals surface area contributed by atoms with E-state index in [0.29, 0.717) is 37.0 Å². The van der Waals surface area contributed by atoms with Crippen molar-refractivity contribution >= 4 is 17.3 Å². The third kappa shape index (κ3) is 6.21. The molecule has 3 heterocycles. The molecule has 166 valence electrons. The number of aliphatic imine (C=N–C) groups is 1. The lowest BCUT2D eigenvalue weighted by Crippen LogP contribution is -2.39. The second kappa shape index (κ2) is 10.3. The highest BCUT2D eigenvalue weighted by Gasteiger charge is 2.33. The first-order chi connectivity index (χ1) is 14.4. The summed E-state index contributed by atoms with van der Waals surface area (Å²) in [4.78, 5) is 10.8. The van der Waals surface area contributed by atoms with E-state index in [1.165, 1.54) is 12.8 Å². The number of nitrogens with one attached hydrogen (secondary N) is 2. The first kappa shape index (κ1) is 22.6. The van der Waals surface area contributed by atoms with Crippen molar-refractivity contribution in [1.82, 2.24) is 20.5 Å². The Bertz CT molecular complexity index is 827. The number of guanidine groups is 1. The minimum absolute atomic E-state index is 0.0740. The summed E-state index contributed by atoms with van der Waals surface area (Å²) in [5, 5.41) is 7.90. The maximum Gasteiger partial charge on any atom is 0.434 e. The molecule has 0 spiro atoms. The molecule has 1 fully saturated rings. The molecule has 1 unspecified atom stereocenters. The number of hydrogen-bond acceptors (Lipinski definition) is 5. The van der Waals surface area contributed by atoms with Gasteiger partial charge in [-0.3, -0.25) is 9.89 Å². The lowest BCUT2D eigenvalue weighted by molar-refractivity contribution is -0.140. The molecule has 0 amide bonds. The summed E-state index contributed by atoms with van der Waals surface area (Å²) in [7, 11) is 0.